The SMILES string of the molecule is NC(=O)[C@@H]1[C@H](NC(=O)/C(=N\OCC(=O)OCc2ccc([N+](=O)[O-])cc2)c2csc(N)n2)C(=O)N1OCC(=O)OCc1ccc([N+](=O)[O-])cc1. The first kappa shape index (κ1) is 35.3. The number of amides is 3. The van der Waals surface area contributed by atoms with E-state index in [0.717, 1.165) is 11.3 Å². The number of hydroxylamine groups is 2. The van der Waals surface area contributed by atoms with Crippen molar-refractivity contribution in [1.29, 1.82) is 0 Å². The van der Waals surface area contributed by atoms with Gasteiger partial charge >= 0.3 is 11.9 Å². The highest BCUT2D eigenvalue weighted by atomic mass is 32.1. The lowest BCUT2D eigenvalue weighted by Gasteiger charge is -2.43. The number of oxime groups is 1. The summed E-state index contributed by atoms with van der Waals surface area (Å²) in [5.41, 5.74) is 11.0. The molecule has 1 aliphatic rings. The van der Waals surface area contributed by atoms with Crippen LogP contribution in [0.15, 0.2) is 59.1 Å². The van der Waals surface area contributed by atoms with E-state index in [1.54, 1.807) is 0 Å². The predicted octanol–water partition coefficient (Wildman–Crippen LogP) is -0.138. The van der Waals surface area contributed by atoms with Gasteiger partial charge in [-0.15, -0.1) is 11.3 Å². The third-order valence-corrected chi connectivity index (χ3v) is 7.04. The van der Waals surface area contributed by atoms with Gasteiger partial charge in [-0.25, -0.2) is 19.6 Å². The molecule has 3 aromatic rings. The number of nitrogen functional groups attached to an aromatic ring is 1. The zero-order chi connectivity index (χ0) is 35.7. The Hall–Kier alpha value is -6.55. The number of primary amides is 1. The molecule has 22 heteroatoms. The van der Waals surface area contributed by atoms with E-state index in [9.17, 15) is 44.2 Å². The maximum Gasteiger partial charge on any atom is 0.347 e. The third kappa shape index (κ3) is 9.26. The van der Waals surface area contributed by atoms with E-state index in [1.807, 2.05) is 0 Å². The van der Waals surface area contributed by atoms with E-state index in [-0.39, 0.29) is 35.4 Å². The maximum absolute atomic E-state index is 13.1. The number of hydrogen-bond acceptors (Lipinski definition) is 17. The topological polar surface area (TPSA) is 301 Å². The number of non-ortho nitro benzene ring substituents is 2. The van der Waals surface area contributed by atoms with Crippen molar-refractivity contribution in [2.75, 3.05) is 18.9 Å². The fraction of sp³-hybridized carbons (Fsp3) is 0.222. The van der Waals surface area contributed by atoms with Gasteiger partial charge in [-0.05, 0) is 35.4 Å². The molecule has 1 aromatic heterocycles. The van der Waals surface area contributed by atoms with Gasteiger partial charge in [0.15, 0.2) is 23.5 Å². The number of thiazole rings is 1. The zero-order valence-corrected chi connectivity index (χ0v) is 25.6. The van der Waals surface area contributed by atoms with Crippen LogP contribution in [0.2, 0.25) is 0 Å². The molecule has 0 bridgehead atoms. The van der Waals surface area contributed by atoms with Crippen LogP contribution in [0.25, 0.3) is 0 Å². The van der Waals surface area contributed by atoms with Gasteiger partial charge in [0.2, 0.25) is 12.5 Å². The third-order valence-electron chi connectivity index (χ3n) is 6.36. The summed E-state index contributed by atoms with van der Waals surface area (Å²) >= 11 is 0.933. The number of carbonyl (C=O) groups is 5. The molecule has 21 nitrogen and oxygen atoms in total. The van der Waals surface area contributed by atoms with Crippen molar-refractivity contribution in [3.8, 4) is 0 Å². The van der Waals surface area contributed by atoms with Gasteiger partial charge in [0, 0.05) is 29.6 Å². The number of benzene rings is 2. The zero-order valence-electron chi connectivity index (χ0n) is 24.8. The second kappa shape index (κ2) is 15.8. The molecule has 0 aliphatic carbocycles. The van der Waals surface area contributed by atoms with Gasteiger partial charge < -0.3 is 31.1 Å². The molecule has 0 saturated carbocycles. The standard InChI is InChI=1S/C27H24N8O13S/c28-24(38)23-22(26(40)33(23)48-12-20(37)46-10-15-3-7-17(8-4-15)35(43)44)31-25(39)21(18-13-49-27(29)30-18)32-47-11-19(36)45-9-14-1-5-16(6-2-14)34(41)42/h1-8,13,22-23H,9-12H2,(H2,28,38)(H2,29,30)(H,31,39)/b32-21-/t22-,23-/m0/s1. The Balaban J connectivity index is 1.31. The summed E-state index contributed by atoms with van der Waals surface area (Å²) < 4.78 is 10.0. The predicted molar refractivity (Wildman–Crippen MR) is 163 cm³/mol. The van der Waals surface area contributed by atoms with Gasteiger partial charge in [-0.3, -0.25) is 39.4 Å². The fourth-order valence-corrected chi connectivity index (χ4v) is 4.50. The van der Waals surface area contributed by atoms with Crippen LogP contribution in [0.5, 0.6) is 0 Å². The average Bonchev–Trinajstić information content (AvgIpc) is 3.50. The number of nitro groups is 2. The first-order chi connectivity index (χ1) is 23.3. The monoisotopic (exact) mass is 700 g/mol. The van der Waals surface area contributed by atoms with Crippen molar-refractivity contribution in [2.24, 2.45) is 10.9 Å². The molecule has 0 radical (unpaired) electrons. The van der Waals surface area contributed by atoms with Crippen molar-refractivity contribution in [2.45, 2.75) is 25.3 Å². The summed E-state index contributed by atoms with van der Waals surface area (Å²) in [5, 5.41) is 29.2. The number of carbonyl (C=O) groups excluding carboxylic acids is 5. The summed E-state index contributed by atoms with van der Waals surface area (Å²) in [7, 11) is 0. The number of ether oxygens (including phenoxy) is 2. The number of β-lactam (4-membered cyclic amide) rings is 1. The molecule has 4 rings (SSSR count). The van der Waals surface area contributed by atoms with Crippen molar-refractivity contribution in [3.63, 3.8) is 0 Å². The minimum atomic E-state index is -1.56. The van der Waals surface area contributed by atoms with Crippen LogP contribution in [0, 0.1) is 20.2 Å². The number of anilines is 1. The minimum Gasteiger partial charge on any atom is -0.459 e. The second-order valence-electron chi connectivity index (χ2n) is 9.69. The molecule has 1 aliphatic heterocycles. The number of nitrogens with one attached hydrogen (secondary N) is 1. The van der Waals surface area contributed by atoms with Crippen LogP contribution in [-0.2, 0) is 56.3 Å². The first-order valence-electron chi connectivity index (χ1n) is 13.6. The molecule has 1 saturated heterocycles. The Kier molecular flexibility index (Phi) is 11.4. The van der Waals surface area contributed by atoms with Gasteiger partial charge in [0.25, 0.3) is 23.2 Å². The molecule has 49 heavy (non-hydrogen) atoms. The van der Waals surface area contributed by atoms with E-state index in [4.69, 9.17) is 30.6 Å². The molecule has 2 aromatic carbocycles. The molecule has 2 heterocycles. The van der Waals surface area contributed by atoms with Crippen LogP contribution in [-0.4, -0.2) is 80.6 Å². The van der Waals surface area contributed by atoms with Crippen LogP contribution < -0.4 is 16.8 Å². The lowest BCUT2D eigenvalue weighted by atomic mass is 9.97. The molecule has 3 amide bonds. The van der Waals surface area contributed by atoms with Crippen LogP contribution >= 0.6 is 11.3 Å². The molecule has 2 atom stereocenters. The van der Waals surface area contributed by atoms with Crippen molar-refractivity contribution < 1.29 is 53.0 Å². The Morgan fingerprint density at radius 2 is 1.45 bits per heavy atom. The van der Waals surface area contributed by atoms with Crippen molar-refractivity contribution >= 4 is 63.2 Å². The summed E-state index contributed by atoms with van der Waals surface area (Å²) in [6, 6.07) is 7.32. The number of rotatable bonds is 16. The number of esters is 2. The van der Waals surface area contributed by atoms with E-state index < -0.39 is 70.5 Å². The largest absolute Gasteiger partial charge is 0.459 e. The summed E-state index contributed by atoms with van der Waals surface area (Å²) in [6.45, 7) is -2.12. The van der Waals surface area contributed by atoms with E-state index in [1.165, 1.54) is 53.9 Å². The average molecular weight is 701 g/mol. The Morgan fingerprint density at radius 3 is 1.92 bits per heavy atom. The van der Waals surface area contributed by atoms with E-state index >= 15 is 0 Å². The number of hydrogen-bond donors (Lipinski definition) is 3. The van der Waals surface area contributed by atoms with Gasteiger partial charge in [0.1, 0.15) is 24.9 Å². The number of nitrogens with two attached hydrogens (primary N) is 2. The number of nitro benzene ring substituents is 2. The summed E-state index contributed by atoms with van der Waals surface area (Å²) in [6.07, 6.45) is 0. The quantitative estimate of drug-likeness (QED) is 0.0576. The van der Waals surface area contributed by atoms with Gasteiger partial charge in [0.05, 0.1) is 9.85 Å². The second-order valence-corrected chi connectivity index (χ2v) is 10.6. The highest BCUT2D eigenvalue weighted by Crippen LogP contribution is 2.22. The molecule has 0 unspecified atom stereocenters. The smallest absolute Gasteiger partial charge is 0.347 e. The van der Waals surface area contributed by atoms with Crippen molar-refractivity contribution in [1.82, 2.24) is 15.4 Å². The Labute approximate surface area is 277 Å². The molecule has 1 fully saturated rings. The Bertz CT molecular complexity index is 1800. The molecular weight excluding hydrogens is 676 g/mol. The highest BCUT2D eigenvalue weighted by Gasteiger charge is 2.53. The van der Waals surface area contributed by atoms with E-state index in [2.05, 4.69) is 15.5 Å². The lowest BCUT2D eigenvalue weighted by molar-refractivity contribution is -0.385. The fourth-order valence-electron chi connectivity index (χ4n) is 3.95. The van der Waals surface area contributed by atoms with E-state index in [0.29, 0.717) is 16.2 Å². The van der Waals surface area contributed by atoms with Gasteiger partial charge in [-0.1, -0.05) is 5.16 Å². The lowest BCUT2D eigenvalue weighted by Crippen LogP contribution is -2.74. The molecular formula is C27H24N8O13S. The first-order valence-corrected chi connectivity index (χ1v) is 14.5. The molecule has 5 N–H and O–H groups in total. The number of nitrogens with zero attached hydrogens (tertiary/aromatic N) is 5. The normalized spacial score (nSPS) is 15.5. The van der Waals surface area contributed by atoms with Crippen molar-refractivity contribution in [3.05, 3.63) is 91.0 Å². The van der Waals surface area contributed by atoms with Crippen LogP contribution in [0.4, 0.5) is 16.5 Å². The maximum atomic E-state index is 13.1. The highest BCUT2D eigenvalue weighted by molar-refractivity contribution is 7.13. The van der Waals surface area contributed by atoms with Crippen LogP contribution in [0.1, 0.15) is 16.8 Å². The molecule has 256 valence electrons. The molecule has 0 spiro atoms. The van der Waals surface area contributed by atoms with Crippen LogP contribution in [0.3, 0.4) is 0 Å². The summed E-state index contributed by atoms with van der Waals surface area (Å²) in [4.78, 5) is 96.7. The van der Waals surface area contributed by atoms with Gasteiger partial charge in [-0.2, -0.15) is 0 Å². The summed E-state index contributed by atoms with van der Waals surface area (Å²) in [5.74, 6) is -5.03. The minimum absolute atomic E-state index is 0.0350. The Morgan fingerprint density at radius 1 is 0.918 bits per heavy atom. The number of aromatic nitrogens is 1.